The van der Waals surface area contributed by atoms with Crippen molar-refractivity contribution in [3.63, 3.8) is 0 Å². The number of nitrogens with zero attached hydrogens (tertiary/aromatic N) is 1. The Kier molecular flexibility index (Phi) is 5.61. The van der Waals surface area contributed by atoms with E-state index in [2.05, 4.69) is 5.32 Å². The molecule has 0 heterocycles. The van der Waals surface area contributed by atoms with Gasteiger partial charge in [0.2, 0.25) is 0 Å². The van der Waals surface area contributed by atoms with E-state index in [1.807, 2.05) is 6.26 Å². The first kappa shape index (κ1) is 14.2. The number of carbonyl (C=O) groups is 2. The van der Waals surface area contributed by atoms with Gasteiger partial charge in [-0.3, -0.25) is 4.79 Å². The number of hydrogen-bond acceptors (Lipinski definition) is 3. The fourth-order valence-corrected chi connectivity index (χ4v) is 2.08. The minimum atomic E-state index is -0.853. The van der Waals surface area contributed by atoms with Crippen LogP contribution >= 0.6 is 11.8 Å². The molecule has 0 spiro atoms. The average molecular weight is 260 g/mol. The summed E-state index contributed by atoms with van der Waals surface area (Å²) in [6, 6.07) is -0.381. The van der Waals surface area contributed by atoms with Gasteiger partial charge in [-0.15, -0.1) is 0 Å². The highest BCUT2D eigenvalue weighted by molar-refractivity contribution is 7.98. The van der Waals surface area contributed by atoms with Gasteiger partial charge in [-0.1, -0.05) is 0 Å². The van der Waals surface area contributed by atoms with Gasteiger partial charge in [0.25, 0.3) is 0 Å². The van der Waals surface area contributed by atoms with Crippen molar-refractivity contribution < 1.29 is 14.7 Å². The third kappa shape index (κ3) is 5.30. The van der Waals surface area contributed by atoms with Crippen LogP contribution in [-0.2, 0) is 4.79 Å². The van der Waals surface area contributed by atoms with Crippen LogP contribution in [0.3, 0.4) is 0 Å². The fourth-order valence-electron chi connectivity index (χ4n) is 1.62. The van der Waals surface area contributed by atoms with E-state index in [0.29, 0.717) is 12.5 Å². The third-order valence-corrected chi connectivity index (χ3v) is 3.46. The predicted molar refractivity (Wildman–Crippen MR) is 68.3 cm³/mol. The van der Waals surface area contributed by atoms with Gasteiger partial charge in [0, 0.05) is 25.4 Å². The van der Waals surface area contributed by atoms with Crippen LogP contribution in [0.25, 0.3) is 0 Å². The third-order valence-electron chi connectivity index (χ3n) is 2.87. The maximum Gasteiger partial charge on any atom is 0.317 e. The second-order valence-electron chi connectivity index (χ2n) is 4.41. The number of urea groups is 1. The predicted octanol–water partition coefficient (Wildman–Crippen LogP) is 1.24. The molecule has 1 unspecified atom stereocenters. The zero-order valence-electron chi connectivity index (χ0n) is 10.3. The Morgan fingerprint density at radius 1 is 1.53 bits per heavy atom. The molecule has 17 heavy (non-hydrogen) atoms. The SMILES string of the molecule is CSCCN(C)C(=O)NC(CC(=O)O)C1CC1. The number of nitrogens with one attached hydrogen (secondary N) is 1. The van der Waals surface area contributed by atoms with Crippen LogP contribution in [-0.4, -0.2) is 53.6 Å². The summed E-state index contributed by atoms with van der Waals surface area (Å²) < 4.78 is 0. The second-order valence-corrected chi connectivity index (χ2v) is 5.39. The molecular weight excluding hydrogens is 240 g/mol. The minimum absolute atomic E-state index is 0.0206. The van der Waals surface area contributed by atoms with Crippen molar-refractivity contribution in [3.8, 4) is 0 Å². The summed E-state index contributed by atoms with van der Waals surface area (Å²) in [5.74, 6) is 0.384. The van der Waals surface area contributed by atoms with E-state index in [1.54, 1.807) is 23.7 Å². The quantitative estimate of drug-likeness (QED) is 0.722. The smallest absolute Gasteiger partial charge is 0.317 e. The van der Waals surface area contributed by atoms with E-state index < -0.39 is 5.97 Å². The first-order valence-corrected chi connectivity index (χ1v) is 7.16. The molecule has 0 aromatic heterocycles. The standard InChI is InChI=1S/C11H20N2O3S/c1-13(5-6-17-2)11(16)12-9(7-10(14)15)8-3-4-8/h8-9H,3-7H2,1-2H3,(H,12,16)(H,14,15). The summed E-state index contributed by atoms with van der Waals surface area (Å²) in [6.07, 6.45) is 4.05. The average Bonchev–Trinajstić information content (AvgIpc) is 3.07. The number of thioether (sulfide) groups is 1. The fraction of sp³-hybridized carbons (Fsp3) is 0.818. The highest BCUT2D eigenvalue weighted by Gasteiger charge is 2.34. The number of carboxylic acids is 1. The minimum Gasteiger partial charge on any atom is -0.481 e. The Bertz CT molecular complexity index is 282. The molecule has 98 valence electrons. The highest BCUT2D eigenvalue weighted by Crippen LogP contribution is 2.34. The first-order chi connectivity index (χ1) is 8.04. The molecule has 0 aliphatic heterocycles. The molecule has 1 aliphatic carbocycles. The largest absolute Gasteiger partial charge is 0.481 e. The monoisotopic (exact) mass is 260 g/mol. The lowest BCUT2D eigenvalue weighted by atomic mass is 10.1. The van der Waals surface area contributed by atoms with Gasteiger partial charge >= 0.3 is 12.0 Å². The van der Waals surface area contributed by atoms with Gasteiger partial charge in [0.1, 0.15) is 0 Å². The van der Waals surface area contributed by atoms with E-state index in [0.717, 1.165) is 18.6 Å². The van der Waals surface area contributed by atoms with Crippen LogP contribution in [0.5, 0.6) is 0 Å². The Morgan fingerprint density at radius 2 is 2.18 bits per heavy atom. The van der Waals surface area contributed by atoms with E-state index in [-0.39, 0.29) is 18.5 Å². The molecule has 6 heteroatoms. The zero-order chi connectivity index (χ0) is 12.8. The molecule has 0 aromatic rings. The first-order valence-electron chi connectivity index (χ1n) is 5.77. The van der Waals surface area contributed by atoms with Crippen molar-refractivity contribution in [1.29, 1.82) is 0 Å². The van der Waals surface area contributed by atoms with E-state index >= 15 is 0 Å². The molecule has 0 aromatic carbocycles. The Morgan fingerprint density at radius 3 is 2.65 bits per heavy atom. The van der Waals surface area contributed by atoms with Crippen LogP contribution in [0.1, 0.15) is 19.3 Å². The molecule has 2 N–H and O–H groups in total. The van der Waals surface area contributed by atoms with Gasteiger partial charge in [-0.2, -0.15) is 11.8 Å². The van der Waals surface area contributed by atoms with Gasteiger partial charge in [0.05, 0.1) is 6.42 Å². The van der Waals surface area contributed by atoms with Crippen molar-refractivity contribution in [3.05, 3.63) is 0 Å². The lowest BCUT2D eigenvalue weighted by Crippen LogP contribution is -2.45. The molecule has 0 saturated heterocycles. The molecular formula is C11H20N2O3S. The summed E-state index contributed by atoms with van der Waals surface area (Å²) in [7, 11) is 1.73. The Labute approximate surface area is 106 Å². The molecule has 1 atom stereocenters. The molecule has 1 saturated carbocycles. The van der Waals surface area contributed by atoms with E-state index in [4.69, 9.17) is 5.11 Å². The lowest BCUT2D eigenvalue weighted by Gasteiger charge is -2.22. The highest BCUT2D eigenvalue weighted by atomic mass is 32.2. The molecule has 0 bridgehead atoms. The van der Waals surface area contributed by atoms with Gasteiger partial charge < -0.3 is 15.3 Å². The molecule has 5 nitrogen and oxygen atoms in total. The summed E-state index contributed by atoms with van der Waals surface area (Å²) in [4.78, 5) is 24.1. The number of amides is 2. The molecule has 0 radical (unpaired) electrons. The Balaban J connectivity index is 2.37. The molecule has 1 fully saturated rings. The van der Waals surface area contributed by atoms with E-state index in [1.165, 1.54) is 0 Å². The van der Waals surface area contributed by atoms with Crippen LogP contribution < -0.4 is 5.32 Å². The number of rotatable bonds is 7. The number of carboxylic acid groups (broad SMARTS) is 1. The van der Waals surface area contributed by atoms with Gasteiger partial charge in [0.15, 0.2) is 0 Å². The van der Waals surface area contributed by atoms with Crippen LogP contribution in [0.2, 0.25) is 0 Å². The molecule has 2 amide bonds. The summed E-state index contributed by atoms with van der Waals surface area (Å²) in [5, 5.41) is 11.6. The molecule has 1 rings (SSSR count). The maximum atomic E-state index is 11.8. The number of aliphatic carboxylic acids is 1. The number of hydrogen-bond donors (Lipinski definition) is 2. The number of carbonyl (C=O) groups excluding carboxylic acids is 1. The topological polar surface area (TPSA) is 69.6 Å². The van der Waals surface area contributed by atoms with Crippen molar-refractivity contribution in [2.75, 3.05) is 25.6 Å². The van der Waals surface area contributed by atoms with Crippen molar-refractivity contribution in [1.82, 2.24) is 10.2 Å². The Hall–Kier alpha value is -0.910. The van der Waals surface area contributed by atoms with Gasteiger partial charge in [-0.05, 0) is 25.0 Å². The summed E-state index contributed by atoms with van der Waals surface area (Å²) in [6.45, 7) is 0.678. The molecule has 1 aliphatic rings. The normalized spacial score (nSPS) is 16.4. The van der Waals surface area contributed by atoms with Crippen molar-refractivity contribution in [2.24, 2.45) is 5.92 Å². The van der Waals surface area contributed by atoms with Crippen LogP contribution in [0, 0.1) is 5.92 Å². The van der Waals surface area contributed by atoms with Crippen LogP contribution in [0.4, 0.5) is 4.79 Å². The second kappa shape index (κ2) is 6.74. The van der Waals surface area contributed by atoms with Gasteiger partial charge in [-0.25, -0.2) is 4.79 Å². The summed E-state index contributed by atoms with van der Waals surface area (Å²) >= 11 is 1.68. The maximum absolute atomic E-state index is 11.8. The van der Waals surface area contributed by atoms with Crippen LogP contribution in [0.15, 0.2) is 0 Å². The summed E-state index contributed by atoms with van der Waals surface area (Å²) in [5.41, 5.74) is 0. The van der Waals surface area contributed by atoms with Crippen molar-refractivity contribution in [2.45, 2.75) is 25.3 Å². The zero-order valence-corrected chi connectivity index (χ0v) is 11.1. The lowest BCUT2D eigenvalue weighted by molar-refractivity contribution is -0.137. The van der Waals surface area contributed by atoms with E-state index in [9.17, 15) is 9.59 Å². The van der Waals surface area contributed by atoms with Crippen molar-refractivity contribution >= 4 is 23.8 Å².